The summed E-state index contributed by atoms with van der Waals surface area (Å²) in [6.45, 7) is 5.33. The van der Waals surface area contributed by atoms with Gasteiger partial charge in [-0.1, -0.05) is 6.92 Å². The van der Waals surface area contributed by atoms with E-state index in [1.54, 1.807) is 6.92 Å². The Morgan fingerprint density at radius 3 is 2.78 bits per heavy atom. The summed E-state index contributed by atoms with van der Waals surface area (Å²) >= 11 is 0. The van der Waals surface area contributed by atoms with Crippen LogP contribution in [0.5, 0.6) is 0 Å². The van der Waals surface area contributed by atoms with Crippen molar-refractivity contribution in [3.8, 4) is 0 Å². The van der Waals surface area contributed by atoms with Crippen molar-refractivity contribution in [2.75, 3.05) is 6.61 Å². The average Bonchev–Trinajstić information content (AvgIpc) is 1.87. The summed E-state index contributed by atoms with van der Waals surface area (Å²) in [6.07, 6.45) is -0.885. The lowest BCUT2D eigenvalue weighted by Crippen LogP contribution is -2.21. The van der Waals surface area contributed by atoms with Crippen LogP contribution in [0.25, 0.3) is 0 Å². The maximum absolute atomic E-state index is 10.5. The Morgan fingerprint density at radius 1 is 1.89 bits per heavy atom. The van der Waals surface area contributed by atoms with Crippen LogP contribution in [-0.2, 0) is 9.53 Å². The second kappa shape index (κ2) is 4.32. The molecular weight excluding hydrogens is 120 g/mol. The average molecular weight is 131 g/mol. The van der Waals surface area contributed by atoms with E-state index in [9.17, 15) is 4.79 Å². The van der Waals surface area contributed by atoms with Crippen molar-refractivity contribution in [1.29, 1.82) is 0 Å². The molecule has 1 N–H and O–H groups in total. The van der Waals surface area contributed by atoms with Crippen LogP contribution < -0.4 is 0 Å². The van der Waals surface area contributed by atoms with Crippen LogP contribution in [0.4, 0.5) is 0 Å². The molecule has 0 aliphatic heterocycles. The Kier molecular flexibility index (Phi) is 4.05. The van der Waals surface area contributed by atoms with Gasteiger partial charge < -0.3 is 9.84 Å². The van der Waals surface area contributed by atoms with Crippen LogP contribution in [0.2, 0.25) is 0 Å². The van der Waals surface area contributed by atoms with Gasteiger partial charge in [-0.15, -0.1) is 0 Å². The lowest BCUT2D eigenvalue weighted by atomic mass is 10.3. The topological polar surface area (TPSA) is 46.5 Å². The highest BCUT2D eigenvalue weighted by atomic mass is 16.5. The minimum Gasteiger partial charge on any atom is -0.464 e. The normalized spacial score (nSPS) is 12.8. The number of hydrogen-bond acceptors (Lipinski definition) is 3. The zero-order chi connectivity index (χ0) is 7.28. The molecule has 0 saturated heterocycles. The fourth-order valence-corrected chi connectivity index (χ4v) is 0.356. The third-order valence-corrected chi connectivity index (χ3v) is 0.832. The van der Waals surface area contributed by atoms with E-state index < -0.39 is 12.1 Å². The minimum atomic E-state index is -1.05. The first kappa shape index (κ1) is 8.43. The van der Waals surface area contributed by atoms with Crippen molar-refractivity contribution in [3.63, 3.8) is 0 Å². The molecule has 3 nitrogen and oxygen atoms in total. The first-order valence-electron chi connectivity index (χ1n) is 2.86. The molecule has 0 saturated carbocycles. The molecule has 0 aromatic rings. The third kappa shape index (κ3) is 3.08. The van der Waals surface area contributed by atoms with Crippen molar-refractivity contribution < 1.29 is 14.6 Å². The molecule has 1 atom stereocenters. The lowest BCUT2D eigenvalue weighted by Gasteiger charge is -2.04. The first-order valence-corrected chi connectivity index (χ1v) is 2.86. The van der Waals surface area contributed by atoms with Crippen LogP contribution in [0.3, 0.4) is 0 Å². The second-order valence-electron chi connectivity index (χ2n) is 1.56. The summed E-state index contributed by atoms with van der Waals surface area (Å²) in [4.78, 5) is 10.5. The highest BCUT2D eigenvalue weighted by Crippen LogP contribution is 1.91. The molecule has 3 heteroatoms. The Bertz CT molecular complexity index is 90.3. The SMILES string of the molecule is [CH2]CC(O)C(=O)OCC. The fourth-order valence-electron chi connectivity index (χ4n) is 0.356. The Balaban J connectivity index is 3.46. The maximum Gasteiger partial charge on any atom is 0.334 e. The minimum absolute atomic E-state index is 0.166. The summed E-state index contributed by atoms with van der Waals surface area (Å²) in [5.74, 6) is -0.590. The predicted octanol–water partition coefficient (Wildman–Crippen LogP) is 0.135. The maximum atomic E-state index is 10.5. The summed E-state index contributed by atoms with van der Waals surface area (Å²) in [6, 6.07) is 0. The predicted molar refractivity (Wildman–Crippen MR) is 32.6 cm³/mol. The second-order valence-corrected chi connectivity index (χ2v) is 1.56. The van der Waals surface area contributed by atoms with E-state index in [2.05, 4.69) is 11.7 Å². The van der Waals surface area contributed by atoms with E-state index in [1.807, 2.05) is 0 Å². The zero-order valence-electron chi connectivity index (χ0n) is 5.46. The monoisotopic (exact) mass is 131 g/mol. The van der Waals surface area contributed by atoms with Crippen molar-refractivity contribution in [3.05, 3.63) is 6.92 Å². The molecule has 53 valence electrons. The van der Waals surface area contributed by atoms with Gasteiger partial charge in [-0.3, -0.25) is 0 Å². The number of ether oxygens (including phenoxy) is 1. The molecule has 0 fully saturated rings. The van der Waals surface area contributed by atoms with Gasteiger partial charge in [0.05, 0.1) is 6.61 Å². The molecule has 0 amide bonds. The van der Waals surface area contributed by atoms with E-state index in [4.69, 9.17) is 5.11 Å². The summed E-state index contributed by atoms with van der Waals surface area (Å²) in [7, 11) is 0. The van der Waals surface area contributed by atoms with Gasteiger partial charge in [0.1, 0.15) is 0 Å². The smallest absolute Gasteiger partial charge is 0.334 e. The molecular formula is C6H11O3. The summed E-state index contributed by atoms with van der Waals surface area (Å²) in [5.41, 5.74) is 0. The van der Waals surface area contributed by atoms with Crippen molar-refractivity contribution in [1.82, 2.24) is 0 Å². The Morgan fingerprint density at radius 2 is 2.44 bits per heavy atom. The molecule has 0 rings (SSSR count). The van der Waals surface area contributed by atoms with Gasteiger partial charge in [0, 0.05) is 0 Å². The Hall–Kier alpha value is -0.570. The number of rotatable bonds is 3. The van der Waals surface area contributed by atoms with Crippen LogP contribution in [-0.4, -0.2) is 23.8 Å². The molecule has 0 heterocycles. The van der Waals surface area contributed by atoms with Gasteiger partial charge in [-0.25, -0.2) is 4.79 Å². The largest absolute Gasteiger partial charge is 0.464 e. The number of carbonyl (C=O) groups is 1. The fraction of sp³-hybridized carbons (Fsp3) is 0.667. The van der Waals surface area contributed by atoms with E-state index in [-0.39, 0.29) is 6.42 Å². The van der Waals surface area contributed by atoms with Gasteiger partial charge in [0.25, 0.3) is 0 Å². The van der Waals surface area contributed by atoms with E-state index in [0.717, 1.165) is 0 Å². The molecule has 9 heavy (non-hydrogen) atoms. The number of esters is 1. The van der Waals surface area contributed by atoms with E-state index in [1.165, 1.54) is 0 Å². The van der Waals surface area contributed by atoms with E-state index >= 15 is 0 Å². The standard InChI is InChI=1S/C6H11O3/c1-3-5(7)6(8)9-4-2/h5,7H,1,3-4H2,2H3. The van der Waals surface area contributed by atoms with E-state index in [0.29, 0.717) is 6.61 Å². The van der Waals surface area contributed by atoms with Gasteiger partial charge >= 0.3 is 5.97 Å². The van der Waals surface area contributed by atoms with Crippen molar-refractivity contribution >= 4 is 5.97 Å². The van der Waals surface area contributed by atoms with Crippen LogP contribution in [0.15, 0.2) is 0 Å². The molecule has 0 aliphatic rings. The molecule has 0 aromatic heterocycles. The quantitative estimate of drug-likeness (QED) is 0.554. The van der Waals surface area contributed by atoms with Crippen LogP contribution in [0.1, 0.15) is 13.3 Å². The highest BCUT2D eigenvalue weighted by molar-refractivity contribution is 5.74. The molecule has 0 bridgehead atoms. The van der Waals surface area contributed by atoms with Crippen molar-refractivity contribution in [2.45, 2.75) is 19.4 Å². The Labute approximate surface area is 54.6 Å². The molecule has 1 unspecified atom stereocenters. The highest BCUT2D eigenvalue weighted by Gasteiger charge is 2.11. The summed E-state index contributed by atoms with van der Waals surface area (Å²) < 4.78 is 4.47. The van der Waals surface area contributed by atoms with Crippen LogP contribution >= 0.6 is 0 Å². The third-order valence-electron chi connectivity index (χ3n) is 0.832. The van der Waals surface area contributed by atoms with Gasteiger partial charge in [0.15, 0.2) is 6.10 Å². The van der Waals surface area contributed by atoms with Gasteiger partial charge in [0.2, 0.25) is 0 Å². The zero-order valence-corrected chi connectivity index (χ0v) is 5.46. The number of aliphatic hydroxyl groups is 1. The lowest BCUT2D eigenvalue weighted by molar-refractivity contribution is -0.152. The molecule has 1 radical (unpaired) electrons. The van der Waals surface area contributed by atoms with Gasteiger partial charge in [-0.2, -0.15) is 0 Å². The molecule has 0 aliphatic carbocycles. The summed E-state index contributed by atoms with van der Waals surface area (Å²) in [5, 5.41) is 8.72. The number of hydrogen-bond donors (Lipinski definition) is 1. The first-order chi connectivity index (χ1) is 4.22. The van der Waals surface area contributed by atoms with Crippen LogP contribution in [0, 0.1) is 6.92 Å². The number of aliphatic hydroxyl groups excluding tert-OH is 1. The van der Waals surface area contributed by atoms with Crippen molar-refractivity contribution in [2.24, 2.45) is 0 Å². The molecule has 0 spiro atoms. The number of carbonyl (C=O) groups excluding carboxylic acids is 1. The molecule has 0 aromatic carbocycles. The van der Waals surface area contributed by atoms with Gasteiger partial charge in [-0.05, 0) is 13.3 Å².